The summed E-state index contributed by atoms with van der Waals surface area (Å²) in [7, 11) is 0. The molecule has 0 aromatic heterocycles. The predicted octanol–water partition coefficient (Wildman–Crippen LogP) is 3.71. The molecule has 1 aromatic rings. The highest BCUT2D eigenvalue weighted by atomic mass is 35.5. The van der Waals surface area contributed by atoms with Gasteiger partial charge in [0, 0.05) is 16.0 Å². The SMILES string of the molecule is CC(N)C(Sc1cccc(Cl)c1)C(F)(F)F. The van der Waals surface area contributed by atoms with Crippen LogP contribution in [0.4, 0.5) is 13.2 Å². The summed E-state index contributed by atoms with van der Waals surface area (Å²) in [6, 6.07) is 5.33. The molecule has 1 nitrogen and oxygen atoms in total. The number of hydrogen-bond acceptors (Lipinski definition) is 2. The van der Waals surface area contributed by atoms with E-state index in [2.05, 4.69) is 0 Å². The highest BCUT2D eigenvalue weighted by molar-refractivity contribution is 8.00. The Hall–Kier alpha value is -0.390. The lowest BCUT2D eigenvalue weighted by Crippen LogP contribution is -2.40. The van der Waals surface area contributed by atoms with Crippen LogP contribution in [0.2, 0.25) is 5.02 Å². The number of rotatable bonds is 3. The molecule has 2 unspecified atom stereocenters. The van der Waals surface area contributed by atoms with E-state index in [0.717, 1.165) is 0 Å². The fraction of sp³-hybridized carbons (Fsp3) is 0.400. The average Bonchev–Trinajstić information content (AvgIpc) is 2.12. The Morgan fingerprint density at radius 2 is 2.00 bits per heavy atom. The third-order valence-electron chi connectivity index (χ3n) is 1.86. The molecule has 0 bridgehead atoms. The molecule has 0 aliphatic rings. The van der Waals surface area contributed by atoms with Crippen LogP contribution >= 0.6 is 23.4 Å². The van der Waals surface area contributed by atoms with Crippen LogP contribution in [0.3, 0.4) is 0 Å². The van der Waals surface area contributed by atoms with Gasteiger partial charge in [0.05, 0.1) is 0 Å². The van der Waals surface area contributed by atoms with Crippen molar-refractivity contribution in [1.29, 1.82) is 0 Å². The monoisotopic (exact) mass is 269 g/mol. The van der Waals surface area contributed by atoms with Crippen molar-refractivity contribution in [3.05, 3.63) is 29.3 Å². The zero-order valence-corrected chi connectivity index (χ0v) is 10.0. The summed E-state index contributed by atoms with van der Waals surface area (Å²) in [6.45, 7) is 1.34. The van der Waals surface area contributed by atoms with E-state index >= 15 is 0 Å². The normalized spacial score (nSPS) is 15.9. The molecule has 0 saturated heterocycles. The molecule has 2 N–H and O–H groups in total. The number of alkyl halides is 3. The highest BCUT2D eigenvalue weighted by Gasteiger charge is 2.42. The lowest BCUT2D eigenvalue weighted by Gasteiger charge is -2.23. The number of benzene rings is 1. The fourth-order valence-electron chi connectivity index (χ4n) is 1.16. The molecule has 1 rings (SSSR count). The molecule has 0 aliphatic carbocycles. The second-order valence-corrected chi connectivity index (χ2v) is 5.05. The lowest BCUT2D eigenvalue weighted by atomic mass is 10.2. The summed E-state index contributed by atoms with van der Waals surface area (Å²) in [4.78, 5) is 0.465. The molecule has 16 heavy (non-hydrogen) atoms. The molecule has 1 aromatic carbocycles. The smallest absolute Gasteiger partial charge is 0.327 e. The van der Waals surface area contributed by atoms with Crippen molar-refractivity contribution in [3.8, 4) is 0 Å². The Labute approximate surface area is 101 Å². The van der Waals surface area contributed by atoms with Crippen LogP contribution in [-0.2, 0) is 0 Å². The van der Waals surface area contributed by atoms with E-state index in [0.29, 0.717) is 21.7 Å². The van der Waals surface area contributed by atoms with Gasteiger partial charge in [0.2, 0.25) is 0 Å². The predicted molar refractivity (Wildman–Crippen MR) is 60.8 cm³/mol. The minimum Gasteiger partial charge on any atom is -0.327 e. The summed E-state index contributed by atoms with van der Waals surface area (Å²) in [5.41, 5.74) is 5.33. The van der Waals surface area contributed by atoms with Crippen molar-refractivity contribution in [2.24, 2.45) is 5.73 Å². The fourth-order valence-corrected chi connectivity index (χ4v) is 2.41. The van der Waals surface area contributed by atoms with Crippen LogP contribution in [0.1, 0.15) is 6.92 Å². The van der Waals surface area contributed by atoms with E-state index < -0.39 is 17.5 Å². The van der Waals surface area contributed by atoms with Gasteiger partial charge in [-0.15, -0.1) is 11.8 Å². The van der Waals surface area contributed by atoms with Gasteiger partial charge < -0.3 is 5.73 Å². The maximum atomic E-state index is 12.6. The molecule has 6 heteroatoms. The van der Waals surface area contributed by atoms with E-state index in [-0.39, 0.29) is 0 Å². The van der Waals surface area contributed by atoms with Crippen LogP contribution in [0.5, 0.6) is 0 Å². The summed E-state index contributed by atoms with van der Waals surface area (Å²) in [6.07, 6.45) is -4.32. The molecular weight excluding hydrogens is 259 g/mol. The van der Waals surface area contributed by atoms with Crippen LogP contribution in [-0.4, -0.2) is 17.5 Å². The van der Waals surface area contributed by atoms with Gasteiger partial charge in [0.25, 0.3) is 0 Å². The van der Waals surface area contributed by atoms with E-state index in [4.69, 9.17) is 17.3 Å². The third-order valence-corrected chi connectivity index (χ3v) is 3.57. The van der Waals surface area contributed by atoms with Crippen LogP contribution in [0.25, 0.3) is 0 Å². The summed E-state index contributed by atoms with van der Waals surface area (Å²) in [5, 5.41) is -1.21. The first kappa shape index (κ1) is 13.7. The highest BCUT2D eigenvalue weighted by Crippen LogP contribution is 2.37. The van der Waals surface area contributed by atoms with Gasteiger partial charge in [0.1, 0.15) is 5.25 Å². The zero-order valence-electron chi connectivity index (χ0n) is 8.46. The summed E-state index contributed by atoms with van der Waals surface area (Å²) >= 11 is 6.38. The minimum absolute atomic E-state index is 0.413. The van der Waals surface area contributed by atoms with E-state index in [1.807, 2.05) is 0 Å². The first-order chi connectivity index (χ1) is 7.30. The van der Waals surface area contributed by atoms with Crippen molar-refractivity contribution >= 4 is 23.4 Å². The molecule has 0 radical (unpaired) electrons. The molecule has 0 amide bonds. The second kappa shape index (κ2) is 5.29. The molecule has 0 spiro atoms. The maximum Gasteiger partial charge on any atom is 0.402 e. The molecule has 90 valence electrons. The molecule has 2 atom stereocenters. The average molecular weight is 270 g/mol. The molecular formula is C10H11ClF3NS. The van der Waals surface area contributed by atoms with Gasteiger partial charge in [-0.2, -0.15) is 13.2 Å². The summed E-state index contributed by atoms with van der Waals surface area (Å²) < 4.78 is 37.9. The van der Waals surface area contributed by atoms with Crippen molar-refractivity contribution in [2.75, 3.05) is 0 Å². The standard InChI is InChI=1S/C10H11ClF3NS/c1-6(15)9(10(12,13)14)16-8-4-2-3-7(11)5-8/h2-6,9H,15H2,1H3. The van der Waals surface area contributed by atoms with Crippen LogP contribution in [0.15, 0.2) is 29.2 Å². The van der Waals surface area contributed by atoms with E-state index in [1.54, 1.807) is 18.2 Å². The Morgan fingerprint density at radius 1 is 1.38 bits per heavy atom. The van der Waals surface area contributed by atoms with Gasteiger partial charge in [-0.1, -0.05) is 17.7 Å². The van der Waals surface area contributed by atoms with Gasteiger partial charge in [-0.05, 0) is 25.1 Å². The molecule has 0 fully saturated rings. The number of halogens is 4. The number of hydrogen-bond donors (Lipinski definition) is 1. The molecule has 0 saturated carbocycles. The Morgan fingerprint density at radius 3 is 2.44 bits per heavy atom. The number of nitrogens with two attached hydrogens (primary N) is 1. The van der Waals surface area contributed by atoms with Crippen molar-refractivity contribution in [3.63, 3.8) is 0 Å². The summed E-state index contributed by atoms with van der Waals surface area (Å²) in [5.74, 6) is 0. The van der Waals surface area contributed by atoms with Gasteiger partial charge in [-0.25, -0.2) is 0 Å². The topological polar surface area (TPSA) is 26.0 Å². The first-order valence-corrected chi connectivity index (χ1v) is 5.81. The van der Waals surface area contributed by atoms with Crippen molar-refractivity contribution < 1.29 is 13.2 Å². The zero-order chi connectivity index (χ0) is 12.3. The largest absolute Gasteiger partial charge is 0.402 e. The second-order valence-electron chi connectivity index (χ2n) is 3.40. The van der Waals surface area contributed by atoms with Crippen molar-refractivity contribution in [2.45, 2.75) is 29.3 Å². The van der Waals surface area contributed by atoms with E-state index in [9.17, 15) is 13.2 Å². The van der Waals surface area contributed by atoms with Gasteiger partial charge in [-0.3, -0.25) is 0 Å². The van der Waals surface area contributed by atoms with Crippen LogP contribution in [0, 0.1) is 0 Å². The maximum absolute atomic E-state index is 12.6. The third kappa shape index (κ3) is 3.88. The van der Waals surface area contributed by atoms with Gasteiger partial charge in [0.15, 0.2) is 0 Å². The van der Waals surface area contributed by atoms with E-state index in [1.165, 1.54) is 13.0 Å². The van der Waals surface area contributed by atoms with Crippen LogP contribution < -0.4 is 5.73 Å². The quantitative estimate of drug-likeness (QED) is 0.847. The Bertz CT molecular complexity index is 354. The number of thioether (sulfide) groups is 1. The minimum atomic E-state index is -4.32. The molecule has 0 aliphatic heterocycles. The Balaban J connectivity index is 2.84. The molecule has 0 heterocycles. The van der Waals surface area contributed by atoms with Gasteiger partial charge >= 0.3 is 6.18 Å². The Kier molecular flexibility index (Phi) is 4.52. The first-order valence-electron chi connectivity index (χ1n) is 4.55. The van der Waals surface area contributed by atoms with Crippen molar-refractivity contribution in [1.82, 2.24) is 0 Å². The lowest BCUT2D eigenvalue weighted by molar-refractivity contribution is -0.131.